The number of nitrogens with zero attached hydrogens (tertiary/aromatic N) is 6. The summed E-state index contributed by atoms with van der Waals surface area (Å²) in [6.07, 6.45) is 3.46. The Labute approximate surface area is 238 Å². The first-order valence-corrected chi connectivity index (χ1v) is 13.5. The predicted octanol–water partition coefficient (Wildman–Crippen LogP) is 4.79. The van der Waals surface area contributed by atoms with Crippen molar-refractivity contribution in [3.05, 3.63) is 69.8 Å². The minimum absolute atomic E-state index is 0.0650. The standard InChI is InChI=1S/C29H29BClFN8/c1-28(2,3)15-36-24-17(13-34)14-35-23-16(12-33)10-18(11-19(23)24)37-25(22-20(31)6-5-7-21(22)32)26-27(30)40(39-38-26)29(4)8-9-29/h5-7,10-11,14,25,37H,8-9,15,30H2,1-4H3,(H,35,36)/t25-/m0/s1. The molecule has 2 aromatic heterocycles. The highest BCUT2D eigenvalue weighted by molar-refractivity contribution is 6.32. The number of anilines is 2. The summed E-state index contributed by atoms with van der Waals surface area (Å²) in [6.45, 7) is 8.97. The largest absolute Gasteiger partial charge is 0.383 e. The molecule has 202 valence electrons. The number of nitrogens with one attached hydrogen (secondary N) is 2. The molecule has 0 amide bonds. The molecule has 4 aromatic rings. The molecule has 0 aliphatic heterocycles. The average molecular weight is 555 g/mol. The van der Waals surface area contributed by atoms with E-state index in [4.69, 9.17) is 11.6 Å². The van der Waals surface area contributed by atoms with Crippen LogP contribution in [-0.2, 0) is 5.54 Å². The highest BCUT2D eigenvalue weighted by Crippen LogP contribution is 2.42. The molecular weight excluding hydrogens is 526 g/mol. The molecule has 2 aromatic carbocycles. The van der Waals surface area contributed by atoms with Crippen LogP contribution in [0.25, 0.3) is 10.9 Å². The van der Waals surface area contributed by atoms with Crippen molar-refractivity contribution in [2.24, 2.45) is 5.41 Å². The molecule has 1 fully saturated rings. The summed E-state index contributed by atoms with van der Waals surface area (Å²) in [5.74, 6) is -0.487. The van der Waals surface area contributed by atoms with Crippen LogP contribution in [0.15, 0.2) is 36.5 Å². The fraction of sp³-hybridized carbons (Fsp3) is 0.345. The van der Waals surface area contributed by atoms with Gasteiger partial charge in [0, 0.05) is 40.0 Å². The number of halogens is 2. The van der Waals surface area contributed by atoms with Gasteiger partial charge in [0.1, 0.15) is 29.7 Å². The first-order chi connectivity index (χ1) is 19.0. The highest BCUT2D eigenvalue weighted by Gasteiger charge is 2.42. The van der Waals surface area contributed by atoms with Crippen LogP contribution in [0.1, 0.15) is 69.0 Å². The van der Waals surface area contributed by atoms with E-state index in [9.17, 15) is 10.5 Å². The zero-order valence-electron chi connectivity index (χ0n) is 23.1. The molecule has 40 heavy (non-hydrogen) atoms. The van der Waals surface area contributed by atoms with E-state index in [0.29, 0.717) is 45.6 Å². The van der Waals surface area contributed by atoms with Gasteiger partial charge in [0.15, 0.2) is 7.85 Å². The number of benzene rings is 2. The molecule has 0 bridgehead atoms. The van der Waals surface area contributed by atoms with Crippen LogP contribution in [-0.4, -0.2) is 34.4 Å². The van der Waals surface area contributed by atoms with Gasteiger partial charge in [0.05, 0.1) is 27.9 Å². The summed E-state index contributed by atoms with van der Waals surface area (Å²) in [6, 6.07) is 11.7. The number of pyridine rings is 1. The number of fused-ring (bicyclic) bond motifs is 1. The Balaban J connectivity index is 1.68. The maximum atomic E-state index is 15.4. The normalized spacial score (nSPS) is 14.8. The lowest BCUT2D eigenvalue weighted by Gasteiger charge is -2.23. The Kier molecular flexibility index (Phi) is 6.93. The Morgan fingerprint density at radius 3 is 2.55 bits per heavy atom. The van der Waals surface area contributed by atoms with Gasteiger partial charge in [0.25, 0.3) is 0 Å². The summed E-state index contributed by atoms with van der Waals surface area (Å²) in [4.78, 5) is 4.42. The van der Waals surface area contributed by atoms with Gasteiger partial charge in [-0.1, -0.05) is 43.7 Å². The van der Waals surface area contributed by atoms with Crippen molar-refractivity contribution in [3.8, 4) is 12.1 Å². The predicted molar refractivity (Wildman–Crippen MR) is 157 cm³/mol. The number of rotatable bonds is 7. The SMILES string of the molecule is Bc1c([C@@H](Nc2cc(C#N)c3ncc(C#N)c(NCC(C)(C)C)c3c2)c2c(F)cccc2Cl)nnn1C1(C)CC1. The minimum Gasteiger partial charge on any atom is -0.383 e. The molecule has 0 spiro atoms. The van der Waals surface area contributed by atoms with E-state index in [0.717, 1.165) is 18.4 Å². The summed E-state index contributed by atoms with van der Waals surface area (Å²) in [5.41, 5.74) is 3.65. The quantitative estimate of drug-likeness (QED) is 0.316. The maximum absolute atomic E-state index is 15.4. The molecule has 11 heteroatoms. The minimum atomic E-state index is -0.799. The zero-order valence-corrected chi connectivity index (χ0v) is 23.9. The third-order valence-electron chi connectivity index (χ3n) is 7.30. The molecule has 1 aliphatic rings. The Morgan fingerprint density at radius 1 is 1.20 bits per heavy atom. The molecule has 2 N–H and O–H groups in total. The third kappa shape index (κ3) is 5.08. The fourth-order valence-corrected chi connectivity index (χ4v) is 5.12. The zero-order chi connectivity index (χ0) is 28.8. The third-order valence-corrected chi connectivity index (χ3v) is 7.63. The number of hydrogen-bond donors (Lipinski definition) is 2. The average Bonchev–Trinajstić information content (AvgIpc) is 3.53. The van der Waals surface area contributed by atoms with Crippen molar-refractivity contribution >= 4 is 47.3 Å². The maximum Gasteiger partial charge on any atom is 0.166 e. The second-order valence-electron chi connectivity index (χ2n) is 11.8. The second kappa shape index (κ2) is 10.1. The van der Waals surface area contributed by atoms with Crippen molar-refractivity contribution in [2.75, 3.05) is 17.2 Å². The van der Waals surface area contributed by atoms with Crippen molar-refractivity contribution in [1.82, 2.24) is 20.0 Å². The Morgan fingerprint density at radius 2 is 1.93 bits per heavy atom. The van der Waals surface area contributed by atoms with Crippen LogP contribution in [0, 0.1) is 33.9 Å². The van der Waals surface area contributed by atoms with Gasteiger partial charge in [0.2, 0.25) is 0 Å². The number of hydrogen-bond acceptors (Lipinski definition) is 7. The van der Waals surface area contributed by atoms with Gasteiger partial charge in [-0.3, -0.25) is 9.67 Å². The van der Waals surface area contributed by atoms with Gasteiger partial charge in [-0.15, -0.1) is 5.10 Å². The highest BCUT2D eigenvalue weighted by atomic mass is 35.5. The van der Waals surface area contributed by atoms with Crippen LogP contribution in [0.2, 0.25) is 5.02 Å². The summed E-state index contributed by atoms with van der Waals surface area (Å²) < 4.78 is 17.3. The van der Waals surface area contributed by atoms with Crippen LogP contribution in [0.4, 0.5) is 15.8 Å². The van der Waals surface area contributed by atoms with E-state index < -0.39 is 11.9 Å². The molecule has 1 aliphatic carbocycles. The molecule has 0 radical (unpaired) electrons. The lowest BCUT2D eigenvalue weighted by molar-refractivity contribution is 0.443. The van der Waals surface area contributed by atoms with Gasteiger partial charge in [-0.05, 0) is 49.4 Å². The van der Waals surface area contributed by atoms with E-state index in [1.165, 1.54) is 12.3 Å². The van der Waals surface area contributed by atoms with Gasteiger partial charge >= 0.3 is 0 Å². The van der Waals surface area contributed by atoms with E-state index in [1.54, 1.807) is 18.2 Å². The molecule has 0 saturated heterocycles. The summed E-state index contributed by atoms with van der Waals surface area (Å²) in [7, 11) is 1.92. The van der Waals surface area contributed by atoms with Gasteiger partial charge in [-0.2, -0.15) is 10.5 Å². The van der Waals surface area contributed by atoms with E-state index in [2.05, 4.69) is 65.8 Å². The summed E-state index contributed by atoms with van der Waals surface area (Å²) >= 11 is 6.56. The molecular formula is C29H29BClFN8. The summed E-state index contributed by atoms with van der Waals surface area (Å²) in [5, 5.41) is 36.4. The topological polar surface area (TPSA) is 115 Å². The van der Waals surface area contributed by atoms with Crippen molar-refractivity contribution in [3.63, 3.8) is 0 Å². The van der Waals surface area contributed by atoms with Crippen molar-refractivity contribution in [2.45, 2.75) is 52.1 Å². The smallest absolute Gasteiger partial charge is 0.166 e. The van der Waals surface area contributed by atoms with Gasteiger partial charge in [-0.25, -0.2) is 4.39 Å². The Hall–Kier alpha value is -4.15. The van der Waals surface area contributed by atoms with E-state index in [1.807, 2.05) is 18.6 Å². The molecule has 8 nitrogen and oxygen atoms in total. The van der Waals surface area contributed by atoms with E-state index >= 15 is 4.39 Å². The van der Waals surface area contributed by atoms with Crippen molar-refractivity contribution in [1.29, 1.82) is 10.5 Å². The first kappa shape index (κ1) is 27.4. The fourth-order valence-electron chi connectivity index (χ4n) is 4.84. The molecule has 0 unspecified atom stereocenters. The molecule has 1 atom stereocenters. The number of aromatic nitrogens is 4. The Bertz CT molecular complexity index is 1690. The monoisotopic (exact) mass is 554 g/mol. The lowest BCUT2D eigenvalue weighted by Crippen LogP contribution is -2.31. The lowest BCUT2D eigenvalue weighted by atomic mass is 9.92. The van der Waals surface area contributed by atoms with Crippen LogP contribution >= 0.6 is 11.6 Å². The van der Waals surface area contributed by atoms with Gasteiger partial charge < -0.3 is 10.6 Å². The molecule has 1 saturated carbocycles. The number of nitriles is 2. The van der Waals surface area contributed by atoms with Crippen LogP contribution in [0.5, 0.6) is 0 Å². The van der Waals surface area contributed by atoms with Crippen molar-refractivity contribution < 1.29 is 4.39 Å². The van der Waals surface area contributed by atoms with Crippen LogP contribution in [0.3, 0.4) is 0 Å². The van der Waals surface area contributed by atoms with E-state index in [-0.39, 0.29) is 21.5 Å². The molecule has 2 heterocycles. The van der Waals surface area contributed by atoms with Crippen LogP contribution < -0.4 is 16.2 Å². The molecule has 5 rings (SSSR count). The first-order valence-electron chi connectivity index (χ1n) is 13.1. The second-order valence-corrected chi connectivity index (χ2v) is 12.2.